The van der Waals surface area contributed by atoms with Gasteiger partial charge in [-0.05, 0) is 12.8 Å². The Morgan fingerprint density at radius 2 is 2.30 bits per heavy atom. The predicted octanol–water partition coefficient (Wildman–Crippen LogP) is 1.66. The Bertz CT molecular complexity index is 534. The number of nitro groups is 1. The average Bonchev–Trinajstić information content (AvgIpc) is 2.86. The normalized spacial score (nSPS) is 21.4. The van der Waals surface area contributed by atoms with Crippen LogP contribution in [0.3, 0.4) is 0 Å². The van der Waals surface area contributed by atoms with Crippen molar-refractivity contribution < 1.29 is 19.6 Å². The lowest BCUT2D eigenvalue weighted by molar-refractivity contribution is -0.384. The van der Waals surface area contributed by atoms with Gasteiger partial charge in [0.15, 0.2) is 0 Å². The van der Waals surface area contributed by atoms with Crippen LogP contribution >= 0.6 is 0 Å². The van der Waals surface area contributed by atoms with Crippen molar-refractivity contribution in [1.82, 2.24) is 4.98 Å². The Morgan fingerprint density at radius 3 is 2.90 bits per heavy atom. The number of carboxylic acid groups (broad SMARTS) is 1. The zero-order valence-electron chi connectivity index (χ0n) is 10.9. The number of nitrogens with zero attached hydrogens (tertiary/aromatic N) is 2. The van der Waals surface area contributed by atoms with Gasteiger partial charge in [-0.25, -0.2) is 0 Å². The van der Waals surface area contributed by atoms with Gasteiger partial charge in [-0.1, -0.05) is 6.42 Å². The molecule has 8 heteroatoms. The first-order valence-electron chi connectivity index (χ1n) is 6.21. The minimum atomic E-state index is -0.898. The van der Waals surface area contributed by atoms with E-state index in [-0.39, 0.29) is 23.4 Å². The molecule has 1 aromatic rings. The van der Waals surface area contributed by atoms with Crippen LogP contribution in [0.25, 0.3) is 0 Å². The number of anilines is 1. The number of hydrogen-bond acceptors (Lipinski definition) is 6. The van der Waals surface area contributed by atoms with Crippen molar-refractivity contribution in [2.75, 3.05) is 12.4 Å². The molecule has 0 radical (unpaired) electrons. The van der Waals surface area contributed by atoms with Gasteiger partial charge in [-0.3, -0.25) is 14.9 Å². The molecule has 1 fully saturated rings. The van der Waals surface area contributed by atoms with Gasteiger partial charge < -0.3 is 15.2 Å². The second-order valence-electron chi connectivity index (χ2n) is 4.60. The maximum atomic E-state index is 11.1. The van der Waals surface area contributed by atoms with E-state index in [9.17, 15) is 14.9 Å². The lowest BCUT2D eigenvalue weighted by Crippen LogP contribution is -2.30. The van der Waals surface area contributed by atoms with Gasteiger partial charge in [0.1, 0.15) is 0 Å². The number of hydrogen-bond donors (Lipinski definition) is 2. The molecule has 2 atom stereocenters. The summed E-state index contributed by atoms with van der Waals surface area (Å²) >= 11 is 0. The summed E-state index contributed by atoms with van der Waals surface area (Å²) in [6, 6.07) is 2.33. The number of aliphatic carboxylic acids is 1. The molecule has 0 bridgehead atoms. The molecule has 0 aromatic carbocycles. The highest BCUT2D eigenvalue weighted by atomic mass is 16.6. The first-order valence-corrected chi connectivity index (χ1v) is 6.21. The maximum Gasteiger partial charge on any atom is 0.311 e. The number of ether oxygens (including phenoxy) is 1. The fourth-order valence-corrected chi connectivity index (χ4v) is 2.41. The van der Waals surface area contributed by atoms with Crippen molar-refractivity contribution in [1.29, 1.82) is 0 Å². The molecule has 0 amide bonds. The van der Waals surface area contributed by atoms with Gasteiger partial charge in [0.2, 0.25) is 11.7 Å². The molecule has 1 heterocycles. The van der Waals surface area contributed by atoms with Gasteiger partial charge in [-0.15, -0.1) is 0 Å². The number of carbonyl (C=O) groups is 1. The molecule has 0 aliphatic heterocycles. The lowest BCUT2D eigenvalue weighted by atomic mass is 10.0. The third-order valence-corrected chi connectivity index (χ3v) is 3.41. The van der Waals surface area contributed by atoms with Crippen molar-refractivity contribution in [2.24, 2.45) is 5.92 Å². The molecule has 0 saturated heterocycles. The van der Waals surface area contributed by atoms with Crippen LogP contribution in [0.4, 0.5) is 11.5 Å². The molecule has 2 rings (SSSR count). The zero-order valence-corrected chi connectivity index (χ0v) is 10.9. The Labute approximate surface area is 114 Å². The molecule has 2 unspecified atom stereocenters. The average molecular weight is 281 g/mol. The molecule has 8 nitrogen and oxygen atoms in total. The Kier molecular flexibility index (Phi) is 4.02. The summed E-state index contributed by atoms with van der Waals surface area (Å²) in [6.07, 6.45) is 1.98. The van der Waals surface area contributed by atoms with Crippen LogP contribution in [0, 0.1) is 16.0 Å². The molecule has 1 aliphatic carbocycles. The van der Waals surface area contributed by atoms with Gasteiger partial charge in [0, 0.05) is 18.2 Å². The third-order valence-electron chi connectivity index (χ3n) is 3.41. The second-order valence-corrected chi connectivity index (χ2v) is 4.60. The largest absolute Gasteiger partial charge is 0.481 e. The summed E-state index contributed by atoms with van der Waals surface area (Å²) in [7, 11) is 1.41. The second kappa shape index (κ2) is 5.72. The highest BCUT2D eigenvalue weighted by molar-refractivity contribution is 5.72. The number of methoxy groups -OCH3 is 1. The summed E-state index contributed by atoms with van der Waals surface area (Å²) < 4.78 is 4.94. The topological polar surface area (TPSA) is 115 Å². The smallest absolute Gasteiger partial charge is 0.311 e. The maximum absolute atomic E-state index is 11.1. The van der Waals surface area contributed by atoms with Gasteiger partial charge in [0.25, 0.3) is 0 Å². The zero-order chi connectivity index (χ0) is 14.7. The number of nitrogens with one attached hydrogen (secondary N) is 1. The van der Waals surface area contributed by atoms with Crippen molar-refractivity contribution >= 4 is 17.5 Å². The summed E-state index contributed by atoms with van der Waals surface area (Å²) in [6.45, 7) is 0. The standard InChI is InChI=1S/C12H15N3O5/c1-20-10-6-5-9(15(18)19)11(14-10)13-8-4-2-3-7(8)12(16)17/h5-8H,2-4H2,1H3,(H,13,14)(H,16,17). The van der Waals surface area contributed by atoms with Crippen LogP contribution in [0.1, 0.15) is 19.3 Å². The highest BCUT2D eigenvalue weighted by Gasteiger charge is 2.34. The number of rotatable bonds is 5. The molecular formula is C12H15N3O5. The molecule has 1 aromatic heterocycles. The van der Waals surface area contributed by atoms with E-state index in [1.165, 1.54) is 19.2 Å². The molecule has 20 heavy (non-hydrogen) atoms. The summed E-state index contributed by atoms with van der Waals surface area (Å²) in [5.41, 5.74) is -0.193. The van der Waals surface area contributed by atoms with Crippen molar-refractivity contribution in [2.45, 2.75) is 25.3 Å². The lowest BCUT2D eigenvalue weighted by Gasteiger charge is -2.18. The van der Waals surface area contributed by atoms with E-state index in [2.05, 4.69) is 10.3 Å². The molecule has 0 spiro atoms. The Balaban J connectivity index is 2.27. The van der Waals surface area contributed by atoms with Crippen LogP contribution < -0.4 is 10.1 Å². The summed E-state index contributed by atoms with van der Waals surface area (Å²) in [4.78, 5) is 25.5. The monoisotopic (exact) mass is 281 g/mol. The molecule has 1 saturated carbocycles. The molecule has 1 aliphatic rings. The Hall–Kier alpha value is -2.38. The minimum Gasteiger partial charge on any atom is -0.481 e. The van der Waals surface area contributed by atoms with E-state index in [4.69, 9.17) is 9.84 Å². The number of aromatic nitrogens is 1. The number of carboxylic acids is 1. The van der Waals surface area contributed by atoms with E-state index >= 15 is 0 Å². The quantitative estimate of drug-likeness (QED) is 0.623. The third kappa shape index (κ3) is 2.79. The number of pyridine rings is 1. The van der Waals surface area contributed by atoms with E-state index in [1.807, 2.05) is 0 Å². The van der Waals surface area contributed by atoms with Gasteiger partial charge in [0.05, 0.1) is 18.0 Å². The van der Waals surface area contributed by atoms with Crippen molar-refractivity contribution in [3.05, 3.63) is 22.2 Å². The van der Waals surface area contributed by atoms with E-state index in [1.54, 1.807) is 0 Å². The predicted molar refractivity (Wildman–Crippen MR) is 69.8 cm³/mol. The fourth-order valence-electron chi connectivity index (χ4n) is 2.41. The van der Waals surface area contributed by atoms with Crippen molar-refractivity contribution in [3.8, 4) is 5.88 Å². The fraction of sp³-hybridized carbons (Fsp3) is 0.500. The van der Waals surface area contributed by atoms with E-state index in [0.717, 1.165) is 6.42 Å². The van der Waals surface area contributed by atoms with Crippen LogP contribution in [-0.2, 0) is 4.79 Å². The van der Waals surface area contributed by atoms with Gasteiger partial charge >= 0.3 is 11.7 Å². The highest BCUT2D eigenvalue weighted by Crippen LogP contribution is 2.32. The van der Waals surface area contributed by atoms with Crippen molar-refractivity contribution in [3.63, 3.8) is 0 Å². The van der Waals surface area contributed by atoms with Crippen LogP contribution in [0.2, 0.25) is 0 Å². The molecule has 108 valence electrons. The first-order chi connectivity index (χ1) is 9.52. The molecular weight excluding hydrogens is 266 g/mol. The first kappa shape index (κ1) is 14.0. The van der Waals surface area contributed by atoms with E-state index in [0.29, 0.717) is 12.8 Å². The van der Waals surface area contributed by atoms with Crippen LogP contribution in [0.5, 0.6) is 5.88 Å². The van der Waals surface area contributed by atoms with Gasteiger partial charge in [-0.2, -0.15) is 4.98 Å². The summed E-state index contributed by atoms with van der Waals surface area (Å²) in [5, 5.41) is 23.0. The van der Waals surface area contributed by atoms with E-state index < -0.39 is 16.8 Å². The molecule has 2 N–H and O–H groups in total. The van der Waals surface area contributed by atoms with Crippen LogP contribution in [0.15, 0.2) is 12.1 Å². The summed E-state index contributed by atoms with van der Waals surface area (Å²) in [5.74, 6) is -1.16. The minimum absolute atomic E-state index is 0.0486. The SMILES string of the molecule is COc1ccc([N+](=O)[O-])c(NC2CCCC2C(=O)O)n1. The Morgan fingerprint density at radius 1 is 1.55 bits per heavy atom. The van der Waals surface area contributed by atoms with Crippen LogP contribution in [-0.4, -0.2) is 34.1 Å².